The van der Waals surface area contributed by atoms with Gasteiger partial charge in [0.25, 0.3) is 5.56 Å². The molecule has 8 heteroatoms. The zero-order valence-electron chi connectivity index (χ0n) is 13.9. The van der Waals surface area contributed by atoms with Crippen molar-refractivity contribution in [3.8, 4) is 5.88 Å². The van der Waals surface area contributed by atoms with Gasteiger partial charge in [-0.1, -0.05) is 13.8 Å². The maximum Gasteiger partial charge on any atom is 0.265 e. The molecule has 2 N–H and O–H groups in total. The van der Waals surface area contributed by atoms with Gasteiger partial charge in [-0.05, 0) is 13.0 Å². The molecule has 1 amide bonds. The maximum absolute atomic E-state index is 13.0. The maximum atomic E-state index is 13.0. The number of rotatable bonds is 2. The highest BCUT2D eigenvalue weighted by Crippen LogP contribution is 2.33. The van der Waals surface area contributed by atoms with Crippen molar-refractivity contribution in [1.29, 1.82) is 0 Å². The van der Waals surface area contributed by atoms with Gasteiger partial charge in [0.15, 0.2) is 11.5 Å². The van der Waals surface area contributed by atoms with E-state index in [0.29, 0.717) is 5.76 Å². The number of ether oxygens (including phenoxy) is 2. The minimum absolute atomic E-state index is 0.0519. The van der Waals surface area contributed by atoms with E-state index in [1.54, 1.807) is 26.8 Å². The minimum atomic E-state index is -1.76. The molecule has 1 aromatic rings. The van der Waals surface area contributed by atoms with Gasteiger partial charge in [0.2, 0.25) is 11.8 Å². The molecule has 0 saturated heterocycles. The number of hydrogen-bond acceptors (Lipinski definition) is 6. The SMILES string of the molecule is COC1=Cc2c(nc3n(c2=O)[C@@H](C)C(=O)N[C@@]3(O)C(C)C)OC=C1. The Hall–Kier alpha value is -2.61. The predicted octanol–water partition coefficient (Wildman–Crippen LogP) is 0.629. The summed E-state index contributed by atoms with van der Waals surface area (Å²) in [5.41, 5.74) is -2.08. The van der Waals surface area contributed by atoms with Crippen LogP contribution in [-0.4, -0.2) is 27.7 Å². The lowest BCUT2D eigenvalue weighted by molar-refractivity contribution is -0.143. The fraction of sp³-hybridized carbons (Fsp3) is 0.438. The lowest BCUT2D eigenvalue weighted by atomic mass is 9.95. The van der Waals surface area contributed by atoms with Crippen molar-refractivity contribution in [2.45, 2.75) is 32.5 Å². The van der Waals surface area contributed by atoms with Crippen LogP contribution in [0.25, 0.3) is 6.08 Å². The van der Waals surface area contributed by atoms with E-state index in [4.69, 9.17) is 9.47 Å². The van der Waals surface area contributed by atoms with Crippen LogP contribution in [0.4, 0.5) is 0 Å². The van der Waals surface area contributed by atoms with E-state index >= 15 is 0 Å². The third-order valence-corrected chi connectivity index (χ3v) is 4.31. The average Bonchev–Trinajstić information content (AvgIpc) is 2.74. The first-order valence-corrected chi connectivity index (χ1v) is 7.60. The lowest BCUT2D eigenvalue weighted by Gasteiger charge is -2.40. The Bertz CT molecular complexity index is 824. The molecular formula is C16H19N3O5. The topological polar surface area (TPSA) is 103 Å². The number of carbonyl (C=O) groups is 1. The van der Waals surface area contributed by atoms with E-state index in [-0.39, 0.29) is 17.3 Å². The summed E-state index contributed by atoms with van der Waals surface area (Å²) in [6, 6.07) is -0.806. The van der Waals surface area contributed by atoms with E-state index in [0.717, 1.165) is 0 Å². The number of aliphatic hydroxyl groups is 1. The van der Waals surface area contributed by atoms with Crippen LogP contribution >= 0.6 is 0 Å². The molecule has 128 valence electrons. The average molecular weight is 333 g/mol. The fourth-order valence-corrected chi connectivity index (χ4v) is 2.72. The first-order valence-electron chi connectivity index (χ1n) is 7.60. The summed E-state index contributed by atoms with van der Waals surface area (Å²) >= 11 is 0. The van der Waals surface area contributed by atoms with E-state index in [1.807, 2.05) is 0 Å². The van der Waals surface area contributed by atoms with Crippen molar-refractivity contribution in [3.05, 3.63) is 39.8 Å². The highest BCUT2D eigenvalue weighted by Gasteiger charge is 2.46. The van der Waals surface area contributed by atoms with Crippen LogP contribution in [0, 0.1) is 5.92 Å². The van der Waals surface area contributed by atoms with Crippen LogP contribution in [0.3, 0.4) is 0 Å². The van der Waals surface area contributed by atoms with Gasteiger partial charge in [0.1, 0.15) is 17.4 Å². The molecule has 24 heavy (non-hydrogen) atoms. The zero-order chi connectivity index (χ0) is 17.6. The van der Waals surface area contributed by atoms with Crippen molar-refractivity contribution in [2.75, 3.05) is 7.11 Å². The summed E-state index contributed by atoms with van der Waals surface area (Å²) in [5, 5.41) is 13.5. The van der Waals surface area contributed by atoms with E-state index in [2.05, 4.69) is 10.3 Å². The summed E-state index contributed by atoms with van der Waals surface area (Å²) in [6.45, 7) is 5.02. The summed E-state index contributed by atoms with van der Waals surface area (Å²) in [4.78, 5) is 29.5. The highest BCUT2D eigenvalue weighted by atomic mass is 16.5. The molecule has 2 atom stereocenters. The zero-order valence-corrected chi connectivity index (χ0v) is 13.9. The number of amides is 1. The van der Waals surface area contributed by atoms with Crippen LogP contribution < -0.4 is 15.6 Å². The summed E-state index contributed by atoms with van der Waals surface area (Å²) < 4.78 is 11.8. The van der Waals surface area contributed by atoms with Crippen LogP contribution in [0.1, 0.15) is 38.2 Å². The van der Waals surface area contributed by atoms with Crippen molar-refractivity contribution < 1.29 is 19.4 Å². The quantitative estimate of drug-likeness (QED) is 0.823. The fourth-order valence-electron chi connectivity index (χ4n) is 2.72. The molecular weight excluding hydrogens is 314 g/mol. The lowest BCUT2D eigenvalue weighted by Crippen LogP contribution is -2.60. The summed E-state index contributed by atoms with van der Waals surface area (Å²) in [6.07, 6.45) is 4.39. The van der Waals surface area contributed by atoms with Crippen molar-refractivity contribution in [3.63, 3.8) is 0 Å². The molecule has 0 fully saturated rings. The number of nitrogens with one attached hydrogen (secondary N) is 1. The molecule has 0 bridgehead atoms. The second-order valence-electron chi connectivity index (χ2n) is 6.09. The van der Waals surface area contributed by atoms with Crippen LogP contribution in [0.5, 0.6) is 5.88 Å². The molecule has 0 spiro atoms. The molecule has 2 aliphatic heterocycles. The molecule has 3 heterocycles. The smallest absolute Gasteiger partial charge is 0.265 e. The Morgan fingerprint density at radius 3 is 2.79 bits per heavy atom. The normalized spacial score (nSPS) is 25.2. The second-order valence-corrected chi connectivity index (χ2v) is 6.09. The number of allylic oxidation sites excluding steroid dienone is 1. The molecule has 0 radical (unpaired) electrons. The molecule has 2 aliphatic rings. The Kier molecular flexibility index (Phi) is 3.71. The van der Waals surface area contributed by atoms with Gasteiger partial charge < -0.3 is 19.9 Å². The van der Waals surface area contributed by atoms with Crippen molar-refractivity contribution >= 4 is 12.0 Å². The van der Waals surface area contributed by atoms with E-state index < -0.39 is 29.2 Å². The van der Waals surface area contributed by atoms with E-state index in [9.17, 15) is 14.7 Å². The summed E-state index contributed by atoms with van der Waals surface area (Å²) in [7, 11) is 1.47. The minimum Gasteiger partial charge on any atom is -0.497 e. The Morgan fingerprint density at radius 1 is 1.46 bits per heavy atom. The predicted molar refractivity (Wildman–Crippen MR) is 84.8 cm³/mol. The van der Waals surface area contributed by atoms with Gasteiger partial charge in [-0.2, -0.15) is 4.98 Å². The Morgan fingerprint density at radius 2 is 2.17 bits per heavy atom. The largest absolute Gasteiger partial charge is 0.497 e. The third-order valence-electron chi connectivity index (χ3n) is 4.31. The molecule has 1 aromatic heterocycles. The second kappa shape index (κ2) is 5.48. The number of carbonyl (C=O) groups excluding carboxylic acids is 1. The Labute approximate surface area is 138 Å². The van der Waals surface area contributed by atoms with Gasteiger partial charge in [-0.25, -0.2) is 0 Å². The number of nitrogens with zero attached hydrogens (tertiary/aromatic N) is 2. The molecule has 0 unspecified atom stereocenters. The van der Waals surface area contributed by atoms with E-state index in [1.165, 1.54) is 24.0 Å². The molecule has 0 saturated carbocycles. The molecule has 0 aliphatic carbocycles. The highest BCUT2D eigenvalue weighted by molar-refractivity contribution is 5.82. The summed E-state index contributed by atoms with van der Waals surface area (Å²) in [5.74, 6) is -0.337. The van der Waals surface area contributed by atoms with Gasteiger partial charge in [0, 0.05) is 12.0 Å². The molecule has 3 rings (SSSR count). The van der Waals surface area contributed by atoms with Crippen LogP contribution in [0.2, 0.25) is 0 Å². The van der Waals surface area contributed by atoms with Gasteiger partial charge in [0.05, 0.1) is 13.4 Å². The van der Waals surface area contributed by atoms with Crippen LogP contribution in [0.15, 0.2) is 22.9 Å². The number of fused-ring (bicyclic) bond motifs is 2. The number of methoxy groups -OCH3 is 1. The third kappa shape index (κ3) is 2.22. The van der Waals surface area contributed by atoms with Crippen LogP contribution in [-0.2, 0) is 15.3 Å². The first-order chi connectivity index (χ1) is 11.3. The standard InChI is InChI=1S/C16H19N3O5/c1-8(2)16(22)15-17-13-11(7-10(23-4)5-6-24-13)14(21)19(15)9(3)12(20)18-16/h5-9,22H,1-4H3,(H,18,20)/t9-,16+/m0/s1. The molecule has 8 nitrogen and oxygen atoms in total. The first kappa shape index (κ1) is 16.3. The number of aromatic nitrogens is 2. The molecule has 0 aromatic carbocycles. The van der Waals surface area contributed by atoms with Gasteiger partial charge in [-0.3, -0.25) is 14.2 Å². The van der Waals surface area contributed by atoms with Gasteiger partial charge in [-0.15, -0.1) is 0 Å². The number of hydrogen-bond donors (Lipinski definition) is 2. The Balaban J connectivity index is 2.34. The monoisotopic (exact) mass is 333 g/mol. The van der Waals surface area contributed by atoms with Crippen molar-refractivity contribution in [1.82, 2.24) is 14.9 Å². The van der Waals surface area contributed by atoms with Crippen molar-refractivity contribution in [2.24, 2.45) is 5.92 Å². The van der Waals surface area contributed by atoms with Gasteiger partial charge >= 0.3 is 0 Å².